The zero-order chi connectivity index (χ0) is 46.4. The molecule has 1 aliphatic rings. The molecular weight excluding hydrogens is 697 g/mol. The third kappa shape index (κ3) is 32.6. The standard InChI is InChI=1S/C13H10.C13H12.C10H8.11C2H6/c1-3-7-12-10(5-1)9-11-6-2-4-8-13(11)12;1-3-7-12(8-4-1)11-13-9-5-2-6-10-13;1-2-6-10-8-4-3-7-9(10)5-1;11*1-2/h1-8H,9H2;1-10H,11H2;1-8H;11*1-2H3. The first-order chi connectivity index (χ1) is 28.9. The highest BCUT2D eigenvalue weighted by atomic mass is 14.2. The zero-order valence-electron chi connectivity index (χ0n) is 42.4. The van der Waals surface area contributed by atoms with Crippen LogP contribution in [0.25, 0.3) is 21.9 Å². The van der Waals surface area contributed by atoms with Crippen molar-refractivity contribution >= 4 is 10.8 Å². The van der Waals surface area contributed by atoms with E-state index < -0.39 is 0 Å². The van der Waals surface area contributed by atoms with Crippen molar-refractivity contribution in [3.05, 3.63) is 180 Å². The Hall–Kier alpha value is -4.42. The number of benzene rings is 6. The maximum absolute atomic E-state index is 2.22. The summed E-state index contributed by atoms with van der Waals surface area (Å²) in [6.45, 7) is 44.0. The first-order valence-corrected chi connectivity index (χ1v) is 23.5. The Balaban J connectivity index is -0.000000109. The van der Waals surface area contributed by atoms with Gasteiger partial charge in [0.25, 0.3) is 0 Å². The molecule has 0 bridgehead atoms. The molecule has 0 spiro atoms. The van der Waals surface area contributed by atoms with Crippen molar-refractivity contribution in [2.45, 2.75) is 165 Å². The summed E-state index contributed by atoms with van der Waals surface area (Å²) < 4.78 is 0. The van der Waals surface area contributed by atoms with Crippen molar-refractivity contribution in [2.75, 3.05) is 0 Å². The van der Waals surface area contributed by atoms with Crippen LogP contribution in [0.15, 0.2) is 158 Å². The minimum Gasteiger partial charge on any atom is -0.0683 e. The predicted molar refractivity (Wildman–Crippen MR) is 279 cm³/mol. The van der Waals surface area contributed by atoms with E-state index in [0.29, 0.717) is 0 Å². The molecule has 0 unspecified atom stereocenters. The van der Waals surface area contributed by atoms with Gasteiger partial charge in [-0.25, -0.2) is 0 Å². The third-order valence-corrected chi connectivity index (χ3v) is 6.46. The van der Waals surface area contributed by atoms with E-state index in [4.69, 9.17) is 0 Å². The Morgan fingerprint density at radius 2 is 0.448 bits per heavy atom. The van der Waals surface area contributed by atoms with Gasteiger partial charge in [-0.2, -0.15) is 0 Å². The molecule has 6 aromatic rings. The van der Waals surface area contributed by atoms with Gasteiger partial charge in [0.15, 0.2) is 0 Å². The van der Waals surface area contributed by atoms with Gasteiger partial charge in [-0.15, -0.1) is 0 Å². The monoisotopic (exact) mass is 793 g/mol. The Labute approximate surface area is 365 Å². The van der Waals surface area contributed by atoms with Gasteiger partial charge in [-0.05, 0) is 57.0 Å². The molecule has 6 aromatic carbocycles. The molecule has 0 saturated heterocycles. The van der Waals surface area contributed by atoms with E-state index in [1.54, 1.807) is 0 Å². The van der Waals surface area contributed by atoms with Crippen LogP contribution in [0.5, 0.6) is 0 Å². The van der Waals surface area contributed by atoms with E-state index >= 15 is 0 Å². The molecule has 0 atom stereocenters. The van der Waals surface area contributed by atoms with Gasteiger partial charge in [0.05, 0.1) is 0 Å². The zero-order valence-corrected chi connectivity index (χ0v) is 42.4. The minimum absolute atomic E-state index is 1.03. The maximum Gasteiger partial charge on any atom is -0.00135 e. The summed E-state index contributed by atoms with van der Waals surface area (Å²) in [5.41, 5.74) is 8.49. The number of hydrogen-bond acceptors (Lipinski definition) is 0. The summed E-state index contributed by atoms with van der Waals surface area (Å²) >= 11 is 0. The van der Waals surface area contributed by atoms with Gasteiger partial charge >= 0.3 is 0 Å². The molecule has 58 heavy (non-hydrogen) atoms. The van der Waals surface area contributed by atoms with Gasteiger partial charge in [-0.1, -0.05) is 310 Å². The lowest BCUT2D eigenvalue weighted by Crippen LogP contribution is -1.85. The van der Waals surface area contributed by atoms with Crippen LogP contribution in [0.3, 0.4) is 0 Å². The second-order valence-corrected chi connectivity index (χ2v) is 8.99. The number of rotatable bonds is 2. The summed E-state index contributed by atoms with van der Waals surface area (Å²) in [6, 6.07) is 55.1. The summed E-state index contributed by atoms with van der Waals surface area (Å²) in [4.78, 5) is 0. The fraction of sp³-hybridized carbons (Fsp3) is 0.414. The molecule has 7 rings (SSSR count). The summed E-state index contributed by atoms with van der Waals surface area (Å²) in [7, 11) is 0. The number of hydrogen-bond donors (Lipinski definition) is 0. The van der Waals surface area contributed by atoms with Crippen molar-refractivity contribution in [1.82, 2.24) is 0 Å². The maximum atomic E-state index is 2.22. The summed E-state index contributed by atoms with van der Waals surface area (Å²) in [6.07, 6.45) is 2.13. The molecular formula is C58H96. The van der Waals surface area contributed by atoms with Crippen LogP contribution in [0.1, 0.15) is 175 Å². The first kappa shape index (κ1) is 68.3. The van der Waals surface area contributed by atoms with Crippen LogP contribution < -0.4 is 0 Å². The highest BCUT2D eigenvalue weighted by Gasteiger charge is 2.15. The smallest absolute Gasteiger partial charge is 0.00135 e. The lowest BCUT2D eigenvalue weighted by atomic mass is 10.1. The lowest BCUT2D eigenvalue weighted by molar-refractivity contribution is 1.19. The van der Waals surface area contributed by atoms with Gasteiger partial charge < -0.3 is 0 Å². The fourth-order valence-electron chi connectivity index (χ4n) is 4.64. The van der Waals surface area contributed by atoms with Crippen LogP contribution in [-0.4, -0.2) is 0 Å². The molecule has 0 radical (unpaired) electrons. The molecule has 0 aliphatic heterocycles. The van der Waals surface area contributed by atoms with E-state index in [2.05, 4.69) is 158 Å². The molecule has 0 amide bonds. The Kier molecular flexibility index (Phi) is 72.7. The molecule has 0 heteroatoms. The van der Waals surface area contributed by atoms with Crippen LogP contribution in [0, 0.1) is 0 Å². The quantitative estimate of drug-likeness (QED) is 0.164. The van der Waals surface area contributed by atoms with Crippen LogP contribution in [0.4, 0.5) is 0 Å². The topological polar surface area (TPSA) is 0 Å². The summed E-state index contributed by atoms with van der Waals surface area (Å²) in [5, 5.41) is 2.62. The normalized spacial score (nSPS) is 7.83. The van der Waals surface area contributed by atoms with Gasteiger partial charge in [-0.3, -0.25) is 0 Å². The predicted octanol–water partition coefficient (Wildman–Crippen LogP) is 20.7. The van der Waals surface area contributed by atoms with Gasteiger partial charge in [0.2, 0.25) is 0 Å². The highest BCUT2D eigenvalue weighted by molar-refractivity contribution is 5.82. The van der Waals surface area contributed by atoms with Crippen molar-refractivity contribution in [1.29, 1.82) is 0 Å². The largest absolute Gasteiger partial charge is 0.0683 e. The molecule has 0 nitrogen and oxygen atoms in total. The Morgan fingerprint density at radius 1 is 0.241 bits per heavy atom. The molecule has 328 valence electrons. The average Bonchev–Trinajstić information content (AvgIpc) is 3.76. The van der Waals surface area contributed by atoms with Crippen molar-refractivity contribution in [3.63, 3.8) is 0 Å². The van der Waals surface area contributed by atoms with Gasteiger partial charge in [0, 0.05) is 0 Å². The number of fused-ring (bicyclic) bond motifs is 4. The molecule has 0 fully saturated rings. The molecule has 0 saturated carbocycles. The van der Waals surface area contributed by atoms with Crippen molar-refractivity contribution in [2.24, 2.45) is 0 Å². The Bertz CT molecular complexity index is 1370. The summed E-state index contributed by atoms with van der Waals surface area (Å²) in [5.74, 6) is 0. The van der Waals surface area contributed by atoms with Crippen LogP contribution >= 0.6 is 0 Å². The SMILES string of the molecule is CC.CC.CC.CC.CC.CC.CC.CC.CC.CC.CC.c1ccc(Cc2ccccc2)cc1.c1ccc2c(c1)Cc1ccccc1-2.c1ccc2ccccc2c1. The molecule has 1 aliphatic carbocycles. The van der Waals surface area contributed by atoms with Crippen LogP contribution in [0.2, 0.25) is 0 Å². The van der Waals surface area contributed by atoms with E-state index in [1.165, 1.54) is 44.2 Å². The fourth-order valence-corrected chi connectivity index (χ4v) is 4.64. The van der Waals surface area contributed by atoms with E-state index in [-0.39, 0.29) is 0 Å². The van der Waals surface area contributed by atoms with Crippen molar-refractivity contribution < 1.29 is 0 Å². The third-order valence-electron chi connectivity index (χ3n) is 6.46. The van der Waals surface area contributed by atoms with E-state index in [9.17, 15) is 0 Å². The Morgan fingerprint density at radius 3 is 0.707 bits per heavy atom. The average molecular weight is 793 g/mol. The lowest BCUT2D eigenvalue weighted by Gasteiger charge is -2.00. The van der Waals surface area contributed by atoms with E-state index in [0.717, 1.165) is 12.8 Å². The van der Waals surface area contributed by atoms with Crippen molar-refractivity contribution in [3.8, 4) is 11.1 Å². The molecule has 0 aromatic heterocycles. The van der Waals surface area contributed by atoms with E-state index in [1.807, 2.05) is 152 Å². The minimum atomic E-state index is 1.03. The highest BCUT2D eigenvalue weighted by Crippen LogP contribution is 2.35. The molecule has 0 N–H and O–H groups in total. The van der Waals surface area contributed by atoms with Gasteiger partial charge in [0.1, 0.15) is 0 Å². The molecule has 0 heterocycles. The van der Waals surface area contributed by atoms with Crippen LogP contribution in [-0.2, 0) is 12.8 Å². The second kappa shape index (κ2) is 61.8. The first-order valence-electron chi connectivity index (χ1n) is 23.5. The second-order valence-electron chi connectivity index (χ2n) is 8.99.